The number of aromatic amines is 1. The van der Waals surface area contributed by atoms with Gasteiger partial charge in [-0.05, 0) is 88.4 Å². The number of hydrogen-bond donors (Lipinski definition) is 15. The fraction of sp³-hybridized carbons (Fsp3) is 0.432. The van der Waals surface area contributed by atoms with Gasteiger partial charge in [0.15, 0.2) is 0 Å². The van der Waals surface area contributed by atoms with Gasteiger partial charge < -0.3 is 103 Å². The molecule has 16 N–H and O–H groups in total. The number of amides is 15. The molecule has 706 valence electrons. The number of primary amides is 1. The number of unbranched alkanes of at least 4 members (excludes halogenated alkanes) is 1. The molecular formula is C95H121N16O19PS. The van der Waals surface area contributed by atoms with Crippen LogP contribution >= 0.6 is 20.6 Å². The standard InChI is InChI=1S/C95H121N16O19PS/c1-10-11-31-75-94(129)111-51-65(114)47-77(111)90(125)103-71(48-82(118)131)88(123)106-83(56(4)5)95(130)109(8)76(44-58-25-17-13-18-26-58)89(124)104-72(43-61-34-38-64(113)39-35-61)91(126)107(6)52-80(116)99-70(46-62-49-97-67-30-22-21-29-66(62)67)87(122)102-69(41-60-32-36-63(112)37-33-60)86(121)101-68(40-55(2)3)85(120)105-74(84(119)98-50-79(96)115)53-132-54-81(117)100-73(42-57-23-15-12-16-24-57)92(127)110(9)78(93(128)108(75)7)45-59-27-19-14-20-28-59/h12-30,32-39,49,55-56,65,68-78,83,97,112-114,118,131H,10-11,31,40-48,50-54H2,1-9H3,(H2,96,115)(H,98,119)(H,99,116)(H,100,117)(H,101,121)(H,102,122)(H,103,125)(H,104,124)(H,105,120)(H,106,123)/t65-,68+,69+,70+,71+,72+,73+,74+,75+,76+,77-,78+,83+/m1/s1. The summed E-state index contributed by atoms with van der Waals surface area (Å²) in [5, 5.41) is 68.2. The zero-order chi connectivity index (χ0) is 96.2. The normalized spacial score (nSPS) is 23.2. The topological polar surface area (TPSA) is 503 Å². The Hall–Kier alpha value is -13.1. The summed E-state index contributed by atoms with van der Waals surface area (Å²) in [7, 11) is 8.41. The quantitative estimate of drug-likeness (QED) is 0.0409. The van der Waals surface area contributed by atoms with E-state index in [9.17, 15) is 39.6 Å². The highest BCUT2D eigenvalue weighted by Crippen LogP contribution is 2.28. The first kappa shape index (κ1) is 103. The van der Waals surface area contributed by atoms with Crippen LogP contribution < -0.4 is 53.6 Å². The van der Waals surface area contributed by atoms with E-state index in [1.807, 2.05) is 6.92 Å². The Morgan fingerprint density at radius 2 is 0.985 bits per heavy atom. The number of phenols is 2. The third-order valence-corrected chi connectivity index (χ3v) is 24.4. The second kappa shape index (κ2) is 49.3. The molecule has 6 aromatic carbocycles. The average Bonchev–Trinajstić information content (AvgIpc) is 1.21. The molecule has 15 amide bonds. The van der Waals surface area contributed by atoms with Crippen molar-refractivity contribution in [3.63, 3.8) is 0 Å². The number of aliphatic hydroxyl groups excluding tert-OH is 2. The van der Waals surface area contributed by atoms with Crippen molar-refractivity contribution in [2.24, 2.45) is 17.6 Å². The van der Waals surface area contributed by atoms with Gasteiger partial charge in [-0.2, -0.15) is 0 Å². The number of carbonyl (C=O) groups excluding carboxylic acids is 15. The molecule has 0 aliphatic carbocycles. The third kappa shape index (κ3) is 29.7. The number of hydrogen-bond acceptors (Lipinski definition) is 19. The number of nitrogens with zero attached hydrogens (tertiary/aromatic N) is 5. The monoisotopic (exact) mass is 1850 g/mol. The lowest BCUT2D eigenvalue weighted by atomic mass is 9.98. The lowest BCUT2D eigenvalue weighted by Gasteiger charge is -2.38. The van der Waals surface area contributed by atoms with Crippen molar-refractivity contribution in [1.82, 2.24) is 77.3 Å². The number of aliphatic hydroxyl groups is 2. The van der Waals surface area contributed by atoms with E-state index in [1.54, 1.807) is 149 Å². The molecule has 132 heavy (non-hydrogen) atoms. The Bertz CT molecular complexity index is 5210. The van der Waals surface area contributed by atoms with Crippen molar-refractivity contribution in [2.45, 2.75) is 190 Å². The highest BCUT2D eigenvalue weighted by Gasteiger charge is 2.47. The van der Waals surface area contributed by atoms with Crippen LogP contribution in [0.15, 0.2) is 170 Å². The van der Waals surface area contributed by atoms with E-state index in [-0.39, 0.29) is 81.0 Å². The highest BCUT2D eigenvalue weighted by molar-refractivity contribution is 8.00. The van der Waals surface area contributed by atoms with E-state index in [1.165, 1.54) is 86.5 Å². The van der Waals surface area contributed by atoms with Gasteiger partial charge >= 0.3 is 0 Å². The zero-order valence-electron chi connectivity index (χ0n) is 75.5. The van der Waals surface area contributed by atoms with E-state index in [0.717, 1.165) is 26.5 Å². The van der Waals surface area contributed by atoms with Gasteiger partial charge in [0.05, 0.1) is 30.4 Å². The van der Waals surface area contributed by atoms with Gasteiger partial charge in [-0.3, -0.25) is 71.9 Å². The van der Waals surface area contributed by atoms with Crippen LogP contribution in [0.4, 0.5) is 0 Å². The van der Waals surface area contributed by atoms with Crippen LogP contribution in [0.1, 0.15) is 107 Å². The molecule has 7 aromatic rings. The number of carbonyl (C=O) groups is 15. The number of fused-ring (bicyclic) bond motifs is 2. The summed E-state index contributed by atoms with van der Waals surface area (Å²) in [6, 6.07) is 26.1. The van der Waals surface area contributed by atoms with Crippen LogP contribution in [0.2, 0.25) is 0 Å². The van der Waals surface area contributed by atoms with Crippen LogP contribution in [0.3, 0.4) is 0 Å². The van der Waals surface area contributed by atoms with Crippen LogP contribution in [0, 0.1) is 11.8 Å². The number of phenolic OH excluding ortho intramolecular Hbond substituents is 2. The third-order valence-electron chi connectivity index (χ3n) is 23.2. The summed E-state index contributed by atoms with van der Waals surface area (Å²) in [5.74, 6) is -15.6. The molecule has 1 aromatic heterocycles. The predicted octanol–water partition coefficient (Wildman–Crippen LogP) is 2.39. The minimum absolute atomic E-state index is 0.00426. The number of likely N-dealkylation sites (N-methyl/N-ethyl adjacent to an activating group) is 4. The van der Waals surface area contributed by atoms with Gasteiger partial charge in [0.2, 0.25) is 88.6 Å². The Labute approximate surface area is 773 Å². The molecule has 37 heteroatoms. The molecule has 0 bridgehead atoms. The van der Waals surface area contributed by atoms with Crippen molar-refractivity contribution in [3.05, 3.63) is 203 Å². The molecule has 35 nitrogen and oxygen atoms in total. The van der Waals surface area contributed by atoms with Crippen molar-refractivity contribution < 1.29 is 92.3 Å². The molecule has 0 radical (unpaired) electrons. The van der Waals surface area contributed by atoms with Gasteiger partial charge in [-0.25, -0.2) is 0 Å². The van der Waals surface area contributed by atoms with E-state index in [0.29, 0.717) is 57.1 Å². The first-order valence-corrected chi connectivity index (χ1v) is 45.6. The number of nitrogens with one attached hydrogen (secondary N) is 10. The predicted molar refractivity (Wildman–Crippen MR) is 498 cm³/mol. The molecule has 0 spiro atoms. The van der Waals surface area contributed by atoms with Crippen molar-refractivity contribution in [3.8, 4) is 11.5 Å². The van der Waals surface area contributed by atoms with Crippen LogP contribution in [-0.4, -0.2) is 282 Å². The maximum Gasteiger partial charge on any atom is 0.246 e. The number of para-hydroxylation sites is 1. The summed E-state index contributed by atoms with van der Waals surface area (Å²) >= 11 is 0.830. The molecule has 2 aliphatic rings. The number of aromatic hydroxyl groups is 2. The number of rotatable bonds is 23. The fourth-order valence-corrected chi connectivity index (χ4v) is 17.0. The van der Waals surface area contributed by atoms with E-state index in [2.05, 4.69) is 61.7 Å². The minimum atomic E-state index is -1.72. The summed E-state index contributed by atoms with van der Waals surface area (Å²) in [5.41, 5.74) is 8.62. The van der Waals surface area contributed by atoms with Gasteiger partial charge in [0.25, 0.3) is 0 Å². The number of benzene rings is 6. The lowest BCUT2D eigenvalue weighted by Crippen LogP contribution is -2.61. The Morgan fingerprint density at radius 1 is 0.508 bits per heavy atom. The highest BCUT2D eigenvalue weighted by atomic mass is 32.2. The summed E-state index contributed by atoms with van der Waals surface area (Å²) in [6.45, 7) is 6.65. The smallest absolute Gasteiger partial charge is 0.246 e. The first-order chi connectivity index (χ1) is 62.9. The number of nitrogens with two attached hydrogens (primary N) is 1. The van der Waals surface area contributed by atoms with Crippen molar-refractivity contribution in [1.29, 1.82) is 0 Å². The molecule has 9 rings (SSSR count). The molecule has 0 saturated carbocycles. The number of aromatic nitrogens is 1. The van der Waals surface area contributed by atoms with Gasteiger partial charge in [0, 0.05) is 109 Å². The Balaban J connectivity index is 1.13. The van der Waals surface area contributed by atoms with Crippen LogP contribution in [0.25, 0.3) is 10.9 Å². The summed E-state index contributed by atoms with van der Waals surface area (Å²) in [4.78, 5) is 234. The zero-order valence-corrected chi connectivity index (χ0v) is 77.3. The molecule has 2 fully saturated rings. The minimum Gasteiger partial charge on any atom is -0.508 e. The maximum absolute atomic E-state index is 15.7. The largest absolute Gasteiger partial charge is 0.508 e. The van der Waals surface area contributed by atoms with E-state index in [4.69, 9.17) is 5.73 Å². The van der Waals surface area contributed by atoms with Crippen LogP contribution in [-0.2, 0) is 110 Å². The lowest BCUT2D eigenvalue weighted by molar-refractivity contribution is -0.152. The van der Waals surface area contributed by atoms with E-state index >= 15 is 52.7 Å². The van der Waals surface area contributed by atoms with Gasteiger partial charge in [-0.15, -0.1) is 11.8 Å². The Kier molecular flexibility index (Phi) is 38.3. The summed E-state index contributed by atoms with van der Waals surface area (Å²) in [6.07, 6.45) is -1.22. The Morgan fingerprint density at radius 3 is 1.55 bits per heavy atom. The fourth-order valence-electron chi connectivity index (χ4n) is 15.9. The average molecular weight is 1850 g/mol. The second-order valence-electron chi connectivity index (χ2n) is 34.3. The van der Waals surface area contributed by atoms with Gasteiger partial charge in [-0.1, -0.05) is 190 Å². The second-order valence-corrected chi connectivity index (χ2v) is 35.9. The summed E-state index contributed by atoms with van der Waals surface area (Å²) < 4.78 is 0. The first-order valence-electron chi connectivity index (χ1n) is 43.9. The van der Waals surface area contributed by atoms with E-state index < -0.39 is 210 Å². The molecule has 2 saturated heterocycles. The SMILES string of the molecule is CCCC[C@H]1C(=O)N2C[C@H](O)C[C@@H]2C(=O)N[C@@H](CC(O)=P)C(=O)N[C@@H](C(C)C)C(=O)N(C)[C@@H](Cc2ccccc2)C(=O)N[C@@H](Cc2ccc(O)cc2)C(=O)N(C)CC(=O)N[C@@H](Cc2c[nH]c3ccccc23)C(=O)N[C@@H](Cc2ccc(O)cc2)C(=O)N[C@@H](CC(C)C)C(=O)N[C@H](C(=O)NCC(N)=O)CSCC(=O)N[C@@H](Cc2ccccc2)C(=O)N(C)[C@@H](Cc2ccccc2)C(=O)N1C. The number of H-pyrrole nitrogens is 1. The molecule has 13 atom stereocenters. The molecular weight excluding hydrogens is 1730 g/mol. The molecule has 2 aliphatic heterocycles. The molecule has 3 heterocycles. The molecule has 0 unspecified atom stereocenters. The van der Waals surface area contributed by atoms with Crippen molar-refractivity contribution in [2.75, 3.05) is 59.3 Å². The van der Waals surface area contributed by atoms with Crippen molar-refractivity contribution >= 4 is 126 Å². The van der Waals surface area contributed by atoms with Crippen LogP contribution in [0.5, 0.6) is 11.5 Å². The maximum atomic E-state index is 15.7. The number of thioether (sulfide) groups is 1. The van der Waals surface area contributed by atoms with Gasteiger partial charge in [0.1, 0.15) is 84.0 Å².